The molecule has 0 spiro atoms. The number of halogens is 1. The zero-order chi connectivity index (χ0) is 18.1. The van der Waals surface area contributed by atoms with Crippen molar-refractivity contribution < 1.29 is 14.4 Å². The summed E-state index contributed by atoms with van der Waals surface area (Å²) >= 11 is 6.05. The number of esters is 1. The molecule has 3 atom stereocenters. The molecule has 1 saturated heterocycles. The molecular weight excluding hydrogens is 352 g/mol. The van der Waals surface area contributed by atoms with E-state index < -0.39 is 5.72 Å². The molecule has 0 aromatic heterocycles. The highest BCUT2D eigenvalue weighted by Crippen LogP contribution is 2.49. The molecule has 140 valence electrons. The van der Waals surface area contributed by atoms with E-state index in [1.807, 2.05) is 31.2 Å². The van der Waals surface area contributed by atoms with Gasteiger partial charge >= 0.3 is 5.97 Å². The van der Waals surface area contributed by atoms with Crippen LogP contribution in [0.25, 0.3) is 0 Å². The Kier molecular flexibility index (Phi) is 4.93. The number of ether oxygens (including phenoxy) is 1. The van der Waals surface area contributed by atoms with E-state index in [2.05, 4.69) is 10.1 Å². The molecule has 0 radical (unpaired) electrons. The number of hydrogen-bond donors (Lipinski definition) is 0. The summed E-state index contributed by atoms with van der Waals surface area (Å²) in [5.41, 5.74) is 1.31. The Bertz CT molecular complexity index is 700. The first-order valence-corrected chi connectivity index (χ1v) is 9.97. The van der Waals surface area contributed by atoms with Gasteiger partial charge in [0.1, 0.15) is 0 Å². The molecule has 0 amide bonds. The van der Waals surface area contributed by atoms with Crippen molar-refractivity contribution in [3.63, 3.8) is 0 Å². The van der Waals surface area contributed by atoms with E-state index in [0.29, 0.717) is 11.6 Å². The Hall–Kier alpha value is -1.59. The fraction of sp³-hybridized carbons (Fsp3) is 0.600. The van der Waals surface area contributed by atoms with Crippen LogP contribution in [0.4, 0.5) is 0 Å². The largest absolute Gasteiger partial charge is 0.466 e. The van der Waals surface area contributed by atoms with Crippen molar-refractivity contribution in [2.45, 2.75) is 44.8 Å². The van der Waals surface area contributed by atoms with Crippen LogP contribution in [0.5, 0.6) is 0 Å². The topological polar surface area (TPSA) is 51.1 Å². The van der Waals surface area contributed by atoms with E-state index in [1.165, 1.54) is 0 Å². The second kappa shape index (κ2) is 7.20. The van der Waals surface area contributed by atoms with Gasteiger partial charge in [0.05, 0.1) is 24.2 Å². The second-order valence-corrected chi connectivity index (χ2v) is 7.78. The summed E-state index contributed by atoms with van der Waals surface area (Å²) in [7, 11) is 0. The second-order valence-electron chi connectivity index (χ2n) is 7.34. The van der Waals surface area contributed by atoms with E-state index in [0.717, 1.165) is 56.5 Å². The van der Waals surface area contributed by atoms with Crippen molar-refractivity contribution in [3.8, 4) is 0 Å². The van der Waals surface area contributed by atoms with Gasteiger partial charge in [-0.05, 0) is 50.3 Å². The van der Waals surface area contributed by atoms with E-state index >= 15 is 0 Å². The van der Waals surface area contributed by atoms with Gasteiger partial charge in [0.15, 0.2) is 0 Å². The van der Waals surface area contributed by atoms with Gasteiger partial charge in [0.2, 0.25) is 5.72 Å². The zero-order valence-corrected chi connectivity index (χ0v) is 15.9. The van der Waals surface area contributed by atoms with Gasteiger partial charge in [-0.15, -0.1) is 0 Å². The quantitative estimate of drug-likeness (QED) is 0.749. The summed E-state index contributed by atoms with van der Waals surface area (Å²) in [6.45, 7) is 4.24. The number of rotatable bonds is 4. The standard InChI is InChI=1S/C20H25ClN2O3/c1-2-25-19(24)16-6-5-11-20(23-12-3-4-13-23)17(16)18(22-26-20)14-7-9-15(21)10-8-14/h7-10,16-17H,2-6,11-13H2,1H3. The van der Waals surface area contributed by atoms with Crippen LogP contribution in [0.15, 0.2) is 29.4 Å². The highest BCUT2D eigenvalue weighted by molar-refractivity contribution is 6.30. The molecule has 3 unspecified atom stereocenters. The number of oxime groups is 1. The van der Waals surface area contributed by atoms with Gasteiger partial charge in [-0.1, -0.05) is 28.9 Å². The number of carbonyl (C=O) groups excluding carboxylic acids is 1. The van der Waals surface area contributed by atoms with Gasteiger partial charge < -0.3 is 9.57 Å². The van der Waals surface area contributed by atoms with Gasteiger partial charge in [-0.25, -0.2) is 0 Å². The van der Waals surface area contributed by atoms with Crippen LogP contribution in [-0.4, -0.2) is 42.0 Å². The summed E-state index contributed by atoms with van der Waals surface area (Å²) in [6, 6.07) is 7.64. The first-order valence-electron chi connectivity index (χ1n) is 9.59. The lowest BCUT2D eigenvalue weighted by Crippen LogP contribution is -2.58. The average molecular weight is 377 g/mol. The van der Waals surface area contributed by atoms with Crippen LogP contribution in [-0.2, 0) is 14.4 Å². The minimum Gasteiger partial charge on any atom is -0.466 e. The molecule has 4 rings (SSSR count). The summed E-state index contributed by atoms with van der Waals surface area (Å²) in [4.78, 5) is 21.3. The maximum Gasteiger partial charge on any atom is 0.309 e. The van der Waals surface area contributed by atoms with Crippen molar-refractivity contribution in [3.05, 3.63) is 34.9 Å². The van der Waals surface area contributed by atoms with Crippen LogP contribution in [0.2, 0.25) is 5.02 Å². The number of likely N-dealkylation sites (tertiary alicyclic amines) is 1. The van der Waals surface area contributed by atoms with E-state index in [1.54, 1.807) is 0 Å². The fourth-order valence-corrected chi connectivity index (χ4v) is 4.89. The van der Waals surface area contributed by atoms with Crippen LogP contribution >= 0.6 is 11.6 Å². The average Bonchev–Trinajstić information content (AvgIpc) is 3.31. The molecule has 2 heterocycles. The molecule has 1 aromatic rings. The zero-order valence-electron chi connectivity index (χ0n) is 15.1. The number of fused-ring (bicyclic) bond motifs is 1. The first kappa shape index (κ1) is 17.8. The van der Waals surface area contributed by atoms with Crippen LogP contribution < -0.4 is 0 Å². The van der Waals surface area contributed by atoms with Gasteiger partial charge in [0.25, 0.3) is 0 Å². The van der Waals surface area contributed by atoms with Crippen molar-refractivity contribution in [2.24, 2.45) is 17.0 Å². The fourth-order valence-electron chi connectivity index (χ4n) is 4.77. The molecular formula is C20H25ClN2O3. The normalized spacial score (nSPS) is 31.2. The molecule has 2 fully saturated rings. The molecule has 5 nitrogen and oxygen atoms in total. The summed E-state index contributed by atoms with van der Waals surface area (Å²) in [5, 5.41) is 5.20. The maximum absolute atomic E-state index is 12.8. The lowest BCUT2D eigenvalue weighted by Gasteiger charge is -2.46. The predicted octanol–water partition coefficient (Wildman–Crippen LogP) is 3.85. The Labute approximate surface area is 159 Å². The number of benzene rings is 1. The van der Waals surface area contributed by atoms with Gasteiger partial charge in [-0.2, -0.15) is 0 Å². The third-order valence-electron chi connectivity index (χ3n) is 5.91. The van der Waals surface area contributed by atoms with Crippen molar-refractivity contribution in [2.75, 3.05) is 19.7 Å². The van der Waals surface area contributed by atoms with Crippen LogP contribution in [0, 0.1) is 11.8 Å². The summed E-state index contributed by atoms with van der Waals surface area (Å²) in [6.07, 6.45) is 4.99. The SMILES string of the molecule is CCOC(=O)C1CCCC2(N3CCCC3)ON=C(c3ccc(Cl)cc3)C12. The number of carbonyl (C=O) groups is 1. The molecule has 0 N–H and O–H groups in total. The highest BCUT2D eigenvalue weighted by Gasteiger charge is 2.60. The van der Waals surface area contributed by atoms with E-state index in [-0.39, 0.29) is 17.8 Å². The molecule has 1 saturated carbocycles. The monoisotopic (exact) mass is 376 g/mol. The lowest BCUT2D eigenvalue weighted by atomic mass is 9.69. The molecule has 26 heavy (non-hydrogen) atoms. The Balaban J connectivity index is 1.73. The highest BCUT2D eigenvalue weighted by atomic mass is 35.5. The molecule has 6 heteroatoms. The smallest absolute Gasteiger partial charge is 0.309 e. The number of hydrogen-bond acceptors (Lipinski definition) is 5. The van der Waals surface area contributed by atoms with Crippen molar-refractivity contribution in [1.29, 1.82) is 0 Å². The summed E-state index contributed by atoms with van der Waals surface area (Å²) in [5.74, 6) is -0.455. The van der Waals surface area contributed by atoms with E-state index in [9.17, 15) is 4.79 Å². The Morgan fingerprint density at radius 2 is 2.04 bits per heavy atom. The van der Waals surface area contributed by atoms with Gasteiger partial charge in [0, 0.05) is 24.5 Å². The molecule has 3 aliphatic rings. The Morgan fingerprint density at radius 3 is 2.73 bits per heavy atom. The number of nitrogens with zero attached hydrogens (tertiary/aromatic N) is 2. The first-order chi connectivity index (χ1) is 12.7. The van der Waals surface area contributed by atoms with Crippen molar-refractivity contribution >= 4 is 23.3 Å². The minimum atomic E-state index is -0.513. The Morgan fingerprint density at radius 1 is 1.31 bits per heavy atom. The van der Waals surface area contributed by atoms with Crippen molar-refractivity contribution in [1.82, 2.24) is 4.90 Å². The third kappa shape index (κ3) is 2.91. The third-order valence-corrected chi connectivity index (χ3v) is 6.16. The van der Waals surface area contributed by atoms with E-state index in [4.69, 9.17) is 21.2 Å². The predicted molar refractivity (Wildman–Crippen MR) is 100 cm³/mol. The maximum atomic E-state index is 12.8. The summed E-state index contributed by atoms with van der Waals surface area (Å²) < 4.78 is 5.41. The van der Waals surface area contributed by atoms with Crippen LogP contribution in [0.1, 0.15) is 44.6 Å². The van der Waals surface area contributed by atoms with Gasteiger partial charge in [-0.3, -0.25) is 9.69 Å². The molecule has 2 aliphatic heterocycles. The molecule has 1 aromatic carbocycles. The molecule has 1 aliphatic carbocycles. The minimum absolute atomic E-state index is 0.102. The van der Waals surface area contributed by atoms with Crippen LogP contribution in [0.3, 0.4) is 0 Å². The lowest BCUT2D eigenvalue weighted by molar-refractivity contribution is -0.189. The molecule has 0 bridgehead atoms.